The van der Waals surface area contributed by atoms with Gasteiger partial charge in [-0.05, 0) is 26.2 Å². The lowest BCUT2D eigenvalue weighted by Gasteiger charge is -2.39. The predicted molar refractivity (Wildman–Crippen MR) is 149 cm³/mol. The van der Waals surface area contributed by atoms with Crippen LogP contribution in [0.4, 0.5) is 0 Å². The van der Waals surface area contributed by atoms with Gasteiger partial charge in [0.05, 0.1) is 13.1 Å². The molecule has 0 radical (unpaired) electrons. The normalized spacial score (nSPS) is 19.0. The molecule has 0 fully saturated rings. The van der Waals surface area contributed by atoms with Crippen LogP contribution in [0.5, 0.6) is 0 Å². The molecule has 1 N–H and O–H groups in total. The fraction of sp³-hybridized carbons (Fsp3) is 0.867. The number of allylic oxidation sites excluding steroid dienone is 2. The predicted octanol–water partition coefficient (Wildman–Crippen LogP) is 8.32. The van der Waals surface area contributed by atoms with E-state index in [0.717, 1.165) is 37.0 Å². The molecule has 0 bridgehead atoms. The fourth-order valence-electron chi connectivity index (χ4n) is 5.46. The van der Waals surface area contributed by atoms with Gasteiger partial charge in [0.25, 0.3) is 0 Å². The van der Waals surface area contributed by atoms with Gasteiger partial charge in [-0.1, -0.05) is 109 Å². The Kier molecular flexibility index (Phi) is 18.2. The summed E-state index contributed by atoms with van der Waals surface area (Å²) < 4.78 is 0.826. The Bertz CT molecular complexity index is 571. The van der Waals surface area contributed by atoms with Gasteiger partial charge < -0.3 is 5.32 Å². The zero-order valence-corrected chi connectivity index (χ0v) is 23.4. The lowest BCUT2D eigenvalue weighted by atomic mass is 10.0. The molecule has 1 rings (SSSR count). The molecule has 0 aromatic rings. The number of nitrogens with zero attached hydrogens (tertiary/aromatic N) is 2. The van der Waals surface area contributed by atoms with Gasteiger partial charge in [-0.15, -0.1) is 0 Å². The average molecular weight is 477 g/mol. The minimum Gasteiger partial charge on any atom is -0.307 e. The van der Waals surface area contributed by atoms with Gasteiger partial charge in [0.2, 0.25) is 5.91 Å². The number of nitrogens with one attached hydrogen (secondary N) is 1. The molecule has 1 aliphatic heterocycles. The second-order valence-corrected chi connectivity index (χ2v) is 10.5. The molecule has 0 saturated heterocycles. The van der Waals surface area contributed by atoms with Gasteiger partial charge in [0, 0.05) is 20.3 Å². The van der Waals surface area contributed by atoms with E-state index in [1.54, 1.807) is 6.92 Å². The Labute approximate surface area is 212 Å². The van der Waals surface area contributed by atoms with Crippen molar-refractivity contribution in [2.75, 3.05) is 19.6 Å². The molecular weight excluding hydrogens is 418 g/mol. The van der Waals surface area contributed by atoms with E-state index in [0.29, 0.717) is 0 Å². The van der Waals surface area contributed by atoms with Gasteiger partial charge >= 0.3 is 0 Å². The summed E-state index contributed by atoms with van der Waals surface area (Å²) >= 11 is 0. The Hall–Kier alpha value is -1.16. The second-order valence-electron chi connectivity index (χ2n) is 10.5. The zero-order valence-electron chi connectivity index (χ0n) is 23.4. The Morgan fingerprint density at radius 3 is 1.85 bits per heavy atom. The molecule has 4 heteroatoms. The highest BCUT2D eigenvalue weighted by Gasteiger charge is 2.41. The average Bonchev–Trinajstić information content (AvgIpc) is 3.24. The highest BCUT2D eigenvalue weighted by atomic mass is 16.1. The summed E-state index contributed by atoms with van der Waals surface area (Å²) in [5, 5.41) is 3.10. The highest BCUT2D eigenvalue weighted by molar-refractivity contribution is 5.78. The smallest absolute Gasteiger partial charge is 0.221 e. The summed E-state index contributed by atoms with van der Waals surface area (Å²) in [7, 11) is 0. The minimum atomic E-state index is 0.0492. The summed E-state index contributed by atoms with van der Waals surface area (Å²) in [6.07, 6.45) is 29.4. The number of rotatable bonds is 22. The number of carbonyl (C=O) groups is 1. The van der Waals surface area contributed by atoms with Crippen LogP contribution in [0.25, 0.3) is 0 Å². The first-order valence-electron chi connectivity index (χ1n) is 14.9. The number of hydrogen-bond acceptors (Lipinski definition) is 2. The maximum Gasteiger partial charge on any atom is 0.221 e. The van der Waals surface area contributed by atoms with Crippen LogP contribution in [-0.4, -0.2) is 42.0 Å². The molecule has 0 aromatic heterocycles. The molecule has 0 saturated carbocycles. The molecule has 0 spiro atoms. The van der Waals surface area contributed by atoms with Crippen molar-refractivity contribution < 1.29 is 9.28 Å². The van der Waals surface area contributed by atoms with Crippen molar-refractivity contribution in [3.05, 3.63) is 12.2 Å². The molecule has 1 aliphatic rings. The zero-order chi connectivity index (χ0) is 24.9. The number of hydrogen-bond donors (Lipinski definition) is 1. The molecule has 1 amide bonds. The highest BCUT2D eigenvalue weighted by Crippen LogP contribution is 2.22. The van der Waals surface area contributed by atoms with E-state index in [2.05, 4.69) is 38.2 Å². The van der Waals surface area contributed by atoms with Crippen molar-refractivity contribution in [3.63, 3.8) is 0 Å². The van der Waals surface area contributed by atoms with Crippen LogP contribution < -0.4 is 5.32 Å². The first-order valence-corrected chi connectivity index (χ1v) is 14.9. The quantitative estimate of drug-likeness (QED) is 0.0952. The number of amidine groups is 1. The summed E-state index contributed by atoms with van der Waals surface area (Å²) in [6.45, 7) is 11.1. The third kappa shape index (κ3) is 13.1. The number of likely N-dealkylation sites (N-methyl/N-ethyl adjacent to an activating group) is 1. The van der Waals surface area contributed by atoms with E-state index in [4.69, 9.17) is 4.99 Å². The lowest BCUT2D eigenvalue weighted by molar-refractivity contribution is -0.861. The van der Waals surface area contributed by atoms with E-state index < -0.39 is 0 Å². The maximum atomic E-state index is 11.5. The Morgan fingerprint density at radius 1 is 0.853 bits per heavy atom. The van der Waals surface area contributed by atoms with Gasteiger partial charge in [-0.2, -0.15) is 0 Å². The molecule has 0 aliphatic carbocycles. The van der Waals surface area contributed by atoms with E-state index in [1.807, 2.05) is 0 Å². The number of unbranched alkanes of at least 4 members (excludes halogenated alkanes) is 15. The maximum absolute atomic E-state index is 11.5. The summed E-state index contributed by atoms with van der Waals surface area (Å²) in [4.78, 5) is 16.4. The molecule has 198 valence electrons. The number of quaternary nitrogens is 1. The topological polar surface area (TPSA) is 41.5 Å². The molecule has 4 nitrogen and oxygen atoms in total. The van der Waals surface area contributed by atoms with Gasteiger partial charge in [-0.25, -0.2) is 4.99 Å². The first kappa shape index (κ1) is 30.9. The largest absolute Gasteiger partial charge is 0.307 e. The van der Waals surface area contributed by atoms with Crippen LogP contribution in [0.2, 0.25) is 0 Å². The molecule has 2 atom stereocenters. The Balaban J connectivity index is 1.98. The van der Waals surface area contributed by atoms with Crippen LogP contribution in [-0.2, 0) is 4.79 Å². The van der Waals surface area contributed by atoms with Gasteiger partial charge in [0.1, 0.15) is 6.54 Å². The van der Waals surface area contributed by atoms with Crippen LogP contribution >= 0.6 is 0 Å². The van der Waals surface area contributed by atoms with Crippen LogP contribution in [0.3, 0.4) is 0 Å². The SMILES string of the molecule is CCCCCCCCCCCCCCCCC/C=C/CCC1=NCC[N+]1(CC)C(C)NC(C)=O. The summed E-state index contributed by atoms with van der Waals surface area (Å²) in [5.41, 5.74) is 0. The third-order valence-corrected chi connectivity index (χ3v) is 7.70. The monoisotopic (exact) mass is 476 g/mol. The Morgan fingerprint density at radius 2 is 1.35 bits per heavy atom. The second kappa shape index (κ2) is 20.1. The van der Waals surface area contributed by atoms with Crippen LogP contribution in [0.15, 0.2) is 17.1 Å². The number of carbonyl (C=O) groups excluding carboxylic acids is 1. The number of amides is 1. The number of aliphatic imine (C=N–C) groups is 1. The minimum absolute atomic E-state index is 0.0492. The molecular formula is C30H58N3O+. The van der Waals surface area contributed by atoms with Crippen molar-refractivity contribution >= 4 is 11.7 Å². The molecule has 34 heavy (non-hydrogen) atoms. The first-order chi connectivity index (χ1) is 16.6. The van der Waals surface area contributed by atoms with E-state index >= 15 is 0 Å². The van der Waals surface area contributed by atoms with Crippen LogP contribution in [0, 0.1) is 0 Å². The van der Waals surface area contributed by atoms with E-state index in [9.17, 15) is 4.79 Å². The fourth-order valence-corrected chi connectivity index (χ4v) is 5.46. The van der Waals surface area contributed by atoms with Crippen molar-refractivity contribution in [1.82, 2.24) is 5.32 Å². The van der Waals surface area contributed by atoms with Gasteiger partial charge in [-0.3, -0.25) is 9.28 Å². The standard InChI is InChI=1S/C30H57N3O/c1-5-7-8-9-10-11-12-13-14-15-16-17-18-19-20-21-22-23-24-25-30-31-26-27-33(30,6-2)28(3)32-29(4)34/h22-23,28H,5-21,24-27H2,1-4H3/p+1/b23-22+. The molecule has 1 heterocycles. The summed E-state index contributed by atoms with van der Waals surface area (Å²) in [5.74, 6) is 1.31. The molecule has 0 aromatic carbocycles. The van der Waals surface area contributed by atoms with Crippen molar-refractivity contribution in [2.45, 2.75) is 149 Å². The lowest BCUT2D eigenvalue weighted by Crippen LogP contribution is -2.62. The van der Waals surface area contributed by atoms with Gasteiger partial charge in [0.15, 0.2) is 12.0 Å². The van der Waals surface area contributed by atoms with Crippen LogP contribution in [0.1, 0.15) is 143 Å². The van der Waals surface area contributed by atoms with Crippen molar-refractivity contribution in [3.8, 4) is 0 Å². The van der Waals surface area contributed by atoms with Crippen molar-refractivity contribution in [1.29, 1.82) is 0 Å². The summed E-state index contributed by atoms with van der Waals surface area (Å²) in [6, 6.07) is 0. The van der Waals surface area contributed by atoms with E-state index in [-0.39, 0.29) is 12.1 Å². The third-order valence-electron chi connectivity index (χ3n) is 7.70. The van der Waals surface area contributed by atoms with E-state index in [1.165, 1.54) is 109 Å². The van der Waals surface area contributed by atoms with Crippen molar-refractivity contribution in [2.24, 2.45) is 4.99 Å². The molecule has 2 unspecified atom stereocenters.